The third kappa shape index (κ3) is 4.94. The van der Waals surface area contributed by atoms with Crippen LogP contribution in [-0.4, -0.2) is 24.5 Å². The van der Waals surface area contributed by atoms with Crippen LogP contribution in [0, 0.1) is 6.92 Å². The van der Waals surface area contributed by atoms with E-state index in [4.69, 9.17) is 28.2 Å². The summed E-state index contributed by atoms with van der Waals surface area (Å²) >= 11 is 12.1. The van der Waals surface area contributed by atoms with Crippen LogP contribution in [0.3, 0.4) is 0 Å². The number of hydrogen-bond acceptors (Lipinski definition) is 3. The van der Waals surface area contributed by atoms with Crippen molar-refractivity contribution in [1.82, 2.24) is 14.5 Å². The number of aryl methyl sites for hydroxylation is 3. The minimum absolute atomic E-state index is 0.476. The monoisotopic (exact) mass is 437 g/mol. The third-order valence-electron chi connectivity index (χ3n) is 4.74. The van der Waals surface area contributed by atoms with Gasteiger partial charge in [0.1, 0.15) is 11.3 Å². The van der Waals surface area contributed by atoms with Crippen LogP contribution < -0.4 is 0 Å². The van der Waals surface area contributed by atoms with Crippen LogP contribution in [0.25, 0.3) is 11.0 Å². The Hall–Kier alpha value is -1.43. The molecule has 0 saturated carbocycles. The molecular weight excluding hydrogens is 413 g/mol. The highest BCUT2D eigenvalue weighted by atomic mass is 35.5. The summed E-state index contributed by atoms with van der Waals surface area (Å²) in [4.78, 5) is 9.71. The quantitative estimate of drug-likeness (QED) is 0.386. The summed E-state index contributed by atoms with van der Waals surface area (Å²) < 4.78 is 14.8. The first-order valence-corrected chi connectivity index (χ1v) is 11.7. The summed E-state index contributed by atoms with van der Waals surface area (Å²) in [5, 5.41) is 1.04. The lowest BCUT2D eigenvalue weighted by atomic mass is 10.2. The lowest BCUT2D eigenvalue weighted by molar-refractivity contribution is 0.587. The molecule has 0 saturated heterocycles. The van der Waals surface area contributed by atoms with Gasteiger partial charge in [0.25, 0.3) is 0 Å². The largest absolute Gasteiger partial charge is 0.328 e. The van der Waals surface area contributed by atoms with Crippen LogP contribution in [0.1, 0.15) is 44.0 Å². The molecule has 1 unspecified atom stereocenters. The Bertz CT molecular complexity index is 987. The molecule has 0 radical (unpaired) electrons. The Morgan fingerprint density at radius 1 is 1.14 bits per heavy atom. The van der Waals surface area contributed by atoms with Crippen molar-refractivity contribution in [3.63, 3.8) is 0 Å². The van der Waals surface area contributed by atoms with Gasteiger partial charge in [-0.05, 0) is 49.9 Å². The topological polar surface area (TPSA) is 47.8 Å². The maximum Gasteiger partial charge on any atom is 0.109 e. The van der Waals surface area contributed by atoms with E-state index in [1.54, 1.807) is 18.2 Å². The molecule has 0 bridgehead atoms. The van der Waals surface area contributed by atoms with Gasteiger partial charge in [-0.3, -0.25) is 9.19 Å². The van der Waals surface area contributed by atoms with Crippen LogP contribution in [0.2, 0.25) is 10.0 Å². The number of imidazole rings is 1. The summed E-state index contributed by atoms with van der Waals surface area (Å²) in [6.07, 6.45) is 8.69. The molecular formula is C21H25Cl2N3OS. The zero-order valence-corrected chi connectivity index (χ0v) is 18.6. The number of fused-ring (bicyclic) bond motifs is 1. The molecule has 0 fully saturated rings. The predicted molar refractivity (Wildman–Crippen MR) is 118 cm³/mol. The summed E-state index contributed by atoms with van der Waals surface area (Å²) in [6, 6.07) is 5.14. The molecule has 28 heavy (non-hydrogen) atoms. The Morgan fingerprint density at radius 2 is 1.96 bits per heavy atom. The van der Waals surface area contributed by atoms with Gasteiger partial charge in [0, 0.05) is 29.9 Å². The van der Waals surface area contributed by atoms with Crippen molar-refractivity contribution < 1.29 is 4.21 Å². The fraction of sp³-hybridized carbons (Fsp3) is 0.429. The molecule has 0 N–H and O–H groups in total. The van der Waals surface area contributed by atoms with E-state index in [1.807, 2.05) is 12.4 Å². The van der Waals surface area contributed by atoms with Crippen molar-refractivity contribution in [2.24, 2.45) is 0 Å². The molecule has 0 spiro atoms. The van der Waals surface area contributed by atoms with Crippen molar-refractivity contribution in [3.05, 3.63) is 52.0 Å². The van der Waals surface area contributed by atoms with Crippen LogP contribution >= 0.6 is 23.2 Å². The second kappa shape index (κ2) is 9.86. The van der Waals surface area contributed by atoms with Gasteiger partial charge in [-0.2, -0.15) is 0 Å². The Balaban J connectivity index is 1.58. The number of aromatic nitrogens is 3. The molecule has 3 rings (SSSR count). The van der Waals surface area contributed by atoms with E-state index >= 15 is 0 Å². The minimum Gasteiger partial charge on any atom is -0.328 e. The second-order valence-electron chi connectivity index (χ2n) is 6.94. The van der Waals surface area contributed by atoms with E-state index < -0.39 is 10.8 Å². The van der Waals surface area contributed by atoms with E-state index in [9.17, 15) is 4.21 Å². The molecule has 2 heterocycles. The lowest BCUT2D eigenvalue weighted by Gasteiger charge is -2.10. The molecule has 0 aliphatic rings. The first-order valence-electron chi connectivity index (χ1n) is 9.64. The van der Waals surface area contributed by atoms with E-state index in [-0.39, 0.29) is 0 Å². The third-order valence-corrected chi connectivity index (χ3v) is 6.90. The zero-order chi connectivity index (χ0) is 20.1. The van der Waals surface area contributed by atoms with Gasteiger partial charge in [0.15, 0.2) is 0 Å². The smallest absolute Gasteiger partial charge is 0.109 e. The van der Waals surface area contributed by atoms with Crippen LogP contribution in [-0.2, 0) is 23.8 Å². The maximum atomic E-state index is 12.5. The van der Waals surface area contributed by atoms with Crippen molar-refractivity contribution in [2.75, 3.05) is 5.75 Å². The van der Waals surface area contributed by atoms with Crippen LogP contribution in [0.4, 0.5) is 0 Å². The summed E-state index contributed by atoms with van der Waals surface area (Å²) in [6.45, 7) is 5.18. The SMILES string of the molecule is CCCc1nc2cncc(C)c2n1CCCCCS(=O)c1ccc(Cl)cc1Cl. The van der Waals surface area contributed by atoms with Gasteiger partial charge in [0.2, 0.25) is 0 Å². The fourth-order valence-corrected chi connectivity index (χ4v) is 5.26. The summed E-state index contributed by atoms with van der Waals surface area (Å²) in [5.41, 5.74) is 3.32. The molecule has 7 heteroatoms. The van der Waals surface area contributed by atoms with Gasteiger partial charge < -0.3 is 4.57 Å². The molecule has 1 atom stereocenters. The van der Waals surface area contributed by atoms with Crippen molar-refractivity contribution in [3.8, 4) is 0 Å². The molecule has 3 aromatic rings. The average molecular weight is 438 g/mol. The normalized spacial score (nSPS) is 12.6. The van der Waals surface area contributed by atoms with Gasteiger partial charge in [-0.15, -0.1) is 0 Å². The molecule has 0 aliphatic heterocycles. The highest BCUT2D eigenvalue weighted by molar-refractivity contribution is 7.85. The average Bonchev–Trinajstić information content (AvgIpc) is 3.00. The lowest BCUT2D eigenvalue weighted by Crippen LogP contribution is -2.06. The van der Waals surface area contributed by atoms with E-state index in [0.717, 1.165) is 55.6 Å². The molecule has 0 amide bonds. The number of rotatable bonds is 9. The van der Waals surface area contributed by atoms with Crippen molar-refractivity contribution in [1.29, 1.82) is 0 Å². The van der Waals surface area contributed by atoms with Crippen LogP contribution in [0.15, 0.2) is 35.5 Å². The first kappa shape index (κ1) is 21.3. The van der Waals surface area contributed by atoms with Gasteiger partial charge >= 0.3 is 0 Å². The Morgan fingerprint density at radius 3 is 2.71 bits per heavy atom. The fourth-order valence-electron chi connectivity index (χ4n) is 3.41. The van der Waals surface area contributed by atoms with Crippen molar-refractivity contribution in [2.45, 2.75) is 57.4 Å². The number of hydrogen-bond donors (Lipinski definition) is 0. The molecule has 150 valence electrons. The second-order valence-corrected chi connectivity index (χ2v) is 9.32. The molecule has 4 nitrogen and oxygen atoms in total. The number of benzene rings is 1. The van der Waals surface area contributed by atoms with Crippen LogP contribution in [0.5, 0.6) is 0 Å². The highest BCUT2D eigenvalue weighted by Crippen LogP contribution is 2.25. The molecule has 1 aromatic carbocycles. The maximum absolute atomic E-state index is 12.5. The standard InChI is InChI=1S/C21H25Cl2N3OS/c1-3-7-20-25-18-14-24-13-15(2)21(18)26(20)10-5-4-6-11-28(27)19-9-8-16(22)12-17(19)23/h8-9,12-14H,3-7,10-11H2,1-2H3. The molecule has 2 aromatic heterocycles. The van der Waals surface area contributed by atoms with E-state index in [2.05, 4.69) is 23.4 Å². The van der Waals surface area contributed by atoms with Gasteiger partial charge in [-0.1, -0.05) is 36.5 Å². The number of pyridine rings is 1. The summed E-state index contributed by atoms with van der Waals surface area (Å²) in [7, 11) is -1.09. The first-order chi connectivity index (χ1) is 13.5. The summed E-state index contributed by atoms with van der Waals surface area (Å²) in [5.74, 6) is 1.74. The number of nitrogens with zero attached hydrogens (tertiary/aromatic N) is 3. The van der Waals surface area contributed by atoms with E-state index in [0.29, 0.717) is 20.7 Å². The number of halogens is 2. The minimum atomic E-state index is -1.09. The zero-order valence-electron chi connectivity index (χ0n) is 16.3. The van der Waals surface area contributed by atoms with Gasteiger partial charge in [0.05, 0.1) is 32.4 Å². The predicted octanol–water partition coefficient (Wildman–Crippen LogP) is 5.98. The Labute approximate surface area is 178 Å². The number of unbranched alkanes of at least 4 members (excludes halogenated alkanes) is 2. The Kier molecular flexibility index (Phi) is 7.49. The van der Waals surface area contributed by atoms with Crippen molar-refractivity contribution >= 4 is 45.0 Å². The molecule has 0 aliphatic carbocycles. The highest BCUT2D eigenvalue weighted by Gasteiger charge is 2.13. The van der Waals surface area contributed by atoms with Gasteiger partial charge in [-0.25, -0.2) is 4.98 Å². The van der Waals surface area contributed by atoms with E-state index in [1.165, 1.54) is 5.52 Å².